The van der Waals surface area contributed by atoms with Crippen LogP contribution in [0.1, 0.15) is 31.2 Å². The van der Waals surface area contributed by atoms with Crippen molar-refractivity contribution in [3.05, 3.63) is 45.5 Å². The molecule has 0 saturated heterocycles. The lowest BCUT2D eigenvalue weighted by Gasteiger charge is -2.09. The average molecular weight is 291 g/mol. The Morgan fingerprint density at radius 1 is 1.40 bits per heavy atom. The van der Waals surface area contributed by atoms with Gasteiger partial charge in [0.2, 0.25) is 0 Å². The fourth-order valence-electron chi connectivity index (χ4n) is 1.81. The van der Waals surface area contributed by atoms with Gasteiger partial charge in [0.25, 0.3) is 5.69 Å². The number of non-ortho nitro benzene ring substituents is 1. The molecule has 2 rings (SSSR count). The zero-order chi connectivity index (χ0) is 14.5. The quantitative estimate of drug-likeness (QED) is 0.649. The first-order valence-electron chi connectivity index (χ1n) is 6.55. The number of rotatable bonds is 6. The van der Waals surface area contributed by atoms with Gasteiger partial charge in [-0.25, -0.2) is 4.98 Å². The van der Waals surface area contributed by atoms with Crippen LogP contribution in [-0.4, -0.2) is 16.5 Å². The minimum atomic E-state index is -0.395. The van der Waals surface area contributed by atoms with Crippen LogP contribution in [0.15, 0.2) is 30.5 Å². The van der Waals surface area contributed by atoms with E-state index in [0.29, 0.717) is 0 Å². The Labute approximate surface area is 121 Å². The zero-order valence-corrected chi connectivity index (χ0v) is 12.3. The van der Waals surface area contributed by atoms with Gasteiger partial charge in [0.1, 0.15) is 5.01 Å². The van der Waals surface area contributed by atoms with E-state index >= 15 is 0 Å². The van der Waals surface area contributed by atoms with Crippen LogP contribution >= 0.6 is 11.3 Å². The van der Waals surface area contributed by atoms with Gasteiger partial charge in [-0.05, 0) is 32.0 Å². The topological polar surface area (TPSA) is 68.1 Å². The van der Waals surface area contributed by atoms with E-state index in [4.69, 9.17) is 0 Å². The highest BCUT2D eigenvalue weighted by atomic mass is 32.1. The van der Waals surface area contributed by atoms with Gasteiger partial charge in [-0.15, -0.1) is 11.3 Å². The second-order valence-electron chi connectivity index (χ2n) is 4.55. The van der Waals surface area contributed by atoms with Crippen LogP contribution in [0.4, 0.5) is 5.69 Å². The van der Waals surface area contributed by atoms with Gasteiger partial charge < -0.3 is 5.32 Å². The molecule has 20 heavy (non-hydrogen) atoms. The number of nitro groups is 1. The largest absolute Gasteiger partial charge is 0.309 e. The van der Waals surface area contributed by atoms with E-state index in [9.17, 15) is 10.1 Å². The number of aromatic nitrogens is 1. The van der Waals surface area contributed by atoms with Crippen LogP contribution in [0.2, 0.25) is 0 Å². The molecule has 0 amide bonds. The standard InChI is InChI=1S/C14H17N3O2S/c1-3-8-15-10(2)13-9-16-14(20-13)11-4-6-12(7-5-11)17(18)19/h4-7,9-10,15H,3,8H2,1-2H3. The summed E-state index contributed by atoms with van der Waals surface area (Å²) in [6.07, 6.45) is 2.97. The number of nitrogens with zero attached hydrogens (tertiary/aromatic N) is 2. The molecule has 1 aromatic heterocycles. The monoisotopic (exact) mass is 291 g/mol. The predicted molar refractivity (Wildman–Crippen MR) is 80.9 cm³/mol. The van der Waals surface area contributed by atoms with Gasteiger partial charge in [0, 0.05) is 34.8 Å². The van der Waals surface area contributed by atoms with Crippen molar-refractivity contribution < 1.29 is 4.92 Å². The SMILES string of the molecule is CCCNC(C)c1cnc(-c2ccc([N+](=O)[O-])cc2)s1. The molecule has 0 saturated carbocycles. The van der Waals surface area contributed by atoms with Gasteiger partial charge in [0.05, 0.1) is 4.92 Å². The van der Waals surface area contributed by atoms with Crippen LogP contribution in [0.3, 0.4) is 0 Å². The molecule has 0 aliphatic carbocycles. The Morgan fingerprint density at radius 3 is 2.70 bits per heavy atom. The number of benzene rings is 1. The first-order valence-corrected chi connectivity index (χ1v) is 7.37. The minimum Gasteiger partial charge on any atom is -0.309 e. The second-order valence-corrected chi connectivity index (χ2v) is 5.61. The summed E-state index contributed by atoms with van der Waals surface area (Å²) in [6.45, 7) is 5.23. The van der Waals surface area contributed by atoms with E-state index in [1.165, 1.54) is 17.0 Å². The summed E-state index contributed by atoms with van der Waals surface area (Å²) in [5.74, 6) is 0. The summed E-state index contributed by atoms with van der Waals surface area (Å²) in [5, 5.41) is 14.9. The normalized spacial score (nSPS) is 12.3. The molecule has 0 radical (unpaired) electrons. The Morgan fingerprint density at radius 2 is 2.10 bits per heavy atom. The molecular formula is C14H17N3O2S. The lowest BCUT2D eigenvalue weighted by Crippen LogP contribution is -2.18. The summed E-state index contributed by atoms with van der Waals surface area (Å²) in [6, 6.07) is 6.78. The molecule has 1 atom stereocenters. The van der Waals surface area contributed by atoms with Crippen LogP contribution in [0.5, 0.6) is 0 Å². The molecule has 0 spiro atoms. The van der Waals surface area contributed by atoms with Gasteiger partial charge in [-0.3, -0.25) is 10.1 Å². The van der Waals surface area contributed by atoms with Crippen molar-refractivity contribution in [1.82, 2.24) is 10.3 Å². The molecule has 0 fully saturated rings. The lowest BCUT2D eigenvalue weighted by molar-refractivity contribution is -0.384. The smallest absolute Gasteiger partial charge is 0.269 e. The molecular weight excluding hydrogens is 274 g/mol. The van der Waals surface area contributed by atoms with E-state index in [1.807, 2.05) is 6.20 Å². The maximum atomic E-state index is 10.6. The molecule has 1 aromatic carbocycles. The minimum absolute atomic E-state index is 0.100. The summed E-state index contributed by atoms with van der Waals surface area (Å²) in [5.41, 5.74) is 1.01. The fourth-order valence-corrected chi connectivity index (χ4v) is 2.76. The third kappa shape index (κ3) is 3.40. The van der Waals surface area contributed by atoms with Crippen LogP contribution in [0.25, 0.3) is 10.6 Å². The van der Waals surface area contributed by atoms with Crippen molar-refractivity contribution in [2.75, 3.05) is 6.54 Å². The van der Waals surface area contributed by atoms with Crippen LogP contribution in [0, 0.1) is 10.1 Å². The van der Waals surface area contributed by atoms with Crippen molar-refractivity contribution >= 4 is 17.0 Å². The molecule has 0 aliphatic heterocycles. The number of thiazole rings is 1. The van der Waals surface area contributed by atoms with E-state index in [2.05, 4.69) is 24.1 Å². The van der Waals surface area contributed by atoms with E-state index in [0.717, 1.165) is 23.5 Å². The summed E-state index contributed by atoms with van der Waals surface area (Å²) >= 11 is 1.62. The van der Waals surface area contributed by atoms with E-state index < -0.39 is 4.92 Å². The number of nitro benzene ring substituents is 1. The highest BCUT2D eigenvalue weighted by molar-refractivity contribution is 7.15. The highest BCUT2D eigenvalue weighted by Crippen LogP contribution is 2.29. The molecule has 106 valence electrons. The van der Waals surface area contributed by atoms with Crippen molar-refractivity contribution in [3.8, 4) is 10.6 Å². The maximum absolute atomic E-state index is 10.6. The molecule has 1 unspecified atom stereocenters. The van der Waals surface area contributed by atoms with E-state index in [1.54, 1.807) is 23.5 Å². The molecule has 0 aliphatic rings. The zero-order valence-electron chi connectivity index (χ0n) is 11.5. The van der Waals surface area contributed by atoms with Crippen molar-refractivity contribution in [3.63, 3.8) is 0 Å². The van der Waals surface area contributed by atoms with Gasteiger partial charge in [0.15, 0.2) is 0 Å². The molecule has 1 heterocycles. The molecule has 2 aromatic rings. The number of nitrogens with one attached hydrogen (secondary N) is 1. The van der Waals surface area contributed by atoms with Gasteiger partial charge in [-0.1, -0.05) is 6.92 Å². The summed E-state index contributed by atoms with van der Waals surface area (Å²) < 4.78 is 0. The van der Waals surface area contributed by atoms with Crippen LogP contribution in [-0.2, 0) is 0 Å². The van der Waals surface area contributed by atoms with Crippen molar-refractivity contribution in [1.29, 1.82) is 0 Å². The highest BCUT2D eigenvalue weighted by Gasteiger charge is 2.11. The molecule has 1 N–H and O–H groups in total. The van der Waals surface area contributed by atoms with Crippen LogP contribution < -0.4 is 5.32 Å². The molecule has 6 heteroatoms. The Balaban J connectivity index is 2.13. The summed E-state index contributed by atoms with van der Waals surface area (Å²) in [4.78, 5) is 15.8. The second kappa shape index (κ2) is 6.58. The van der Waals surface area contributed by atoms with Crippen molar-refractivity contribution in [2.45, 2.75) is 26.3 Å². The molecule has 5 nitrogen and oxygen atoms in total. The maximum Gasteiger partial charge on any atom is 0.269 e. The predicted octanol–water partition coefficient (Wildman–Crippen LogP) is 3.78. The van der Waals surface area contributed by atoms with Gasteiger partial charge >= 0.3 is 0 Å². The Kier molecular flexibility index (Phi) is 4.81. The van der Waals surface area contributed by atoms with E-state index in [-0.39, 0.29) is 11.7 Å². The molecule has 0 bridgehead atoms. The third-order valence-corrected chi connectivity index (χ3v) is 4.21. The van der Waals surface area contributed by atoms with Crippen molar-refractivity contribution in [2.24, 2.45) is 0 Å². The summed E-state index contributed by atoms with van der Waals surface area (Å²) in [7, 11) is 0. The number of hydrogen-bond donors (Lipinski definition) is 1. The first-order chi connectivity index (χ1) is 9.61. The number of hydrogen-bond acceptors (Lipinski definition) is 5. The fraction of sp³-hybridized carbons (Fsp3) is 0.357. The Bertz CT molecular complexity index is 580. The Hall–Kier alpha value is -1.79. The van der Waals surface area contributed by atoms with Gasteiger partial charge in [-0.2, -0.15) is 0 Å². The average Bonchev–Trinajstić information content (AvgIpc) is 2.94. The lowest BCUT2D eigenvalue weighted by atomic mass is 10.2. The third-order valence-electron chi connectivity index (χ3n) is 2.98. The first kappa shape index (κ1) is 14.6.